The lowest BCUT2D eigenvalue weighted by Gasteiger charge is -2.07. The van der Waals surface area contributed by atoms with Gasteiger partial charge in [0.25, 0.3) is 11.8 Å². The Morgan fingerprint density at radius 3 is 2.21 bits per heavy atom. The molecule has 5 nitrogen and oxygen atoms in total. The molecule has 0 heterocycles. The second-order valence-electron chi connectivity index (χ2n) is 6.96. The number of carbonyl (C=O) groups is 2. The maximum Gasteiger partial charge on any atom is 0.271 e. The van der Waals surface area contributed by atoms with E-state index < -0.39 is 0 Å². The minimum Gasteiger partial charge on any atom is -0.322 e. The molecular formula is C24H23N3O2. The molecule has 0 saturated carbocycles. The second kappa shape index (κ2) is 8.97. The zero-order valence-electron chi connectivity index (χ0n) is 16.7. The van der Waals surface area contributed by atoms with Gasteiger partial charge in [0, 0.05) is 16.8 Å². The average molecular weight is 385 g/mol. The molecule has 2 N–H and O–H groups in total. The van der Waals surface area contributed by atoms with E-state index in [4.69, 9.17) is 0 Å². The first-order chi connectivity index (χ1) is 13.9. The van der Waals surface area contributed by atoms with Crippen LogP contribution in [0.15, 0.2) is 71.8 Å². The van der Waals surface area contributed by atoms with Crippen molar-refractivity contribution in [3.63, 3.8) is 0 Å². The molecule has 29 heavy (non-hydrogen) atoms. The van der Waals surface area contributed by atoms with Crippen LogP contribution >= 0.6 is 0 Å². The van der Waals surface area contributed by atoms with E-state index in [1.54, 1.807) is 36.5 Å². The largest absolute Gasteiger partial charge is 0.322 e. The van der Waals surface area contributed by atoms with Crippen LogP contribution in [0.25, 0.3) is 0 Å². The number of aryl methyl sites for hydroxylation is 3. The Hall–Kier alpha value is -3.73. The monoisotopic (exact) mass is 385 g/mol. The minimum atomic E-state index is -0.317. The summed E-state index contributed by atoms with van der Waals surface area (Å²) in [7, 11) is 0. The van der Waals surface area contributed by atoms with Crippen molar-refractivity contribution >= 4 is 23.7 Å². The van der Waals surface area contributed by atoms with Gasteiger partial charge in [0.15, 0.2) is 0 Å². The van der Waals surface area contributed by atoms with E-state index in [1.807, 2.05) is 51.1 Å². The summed E-state index contributed by atoms with van der Waals surface area (Å²) in [6, 6.07) is 20.1. The van der Waals surface area contributed by atoms with Crippen LogP contribution in [0.1, 0.15) is 43.0 Å². The van der Waals surface area contributed by atoms with E-state index in [0.29, 0.717) is 16.8 Å². The maximum absolute atomic E-state index is 12.3. The van der Waals surface area contributed by atoms with Crippen LogP contribution in [0.5, 0.6) is 0 Å². The van der Waals surface area contributed by atoms with Crippen LogP contribution in [-0.2, 0) is 0 Å². The Kier molecular flexibility index (Phi) is 6.19. The van der Waals surface area contributed by atoms with Crippen LogP contribution in [-0.4, -0.2) is 18.0 Å². The van der Waals surface area contributed by atoms with Gasteiger partial charge in [-0.2, -0.15) is 5.10 Å². The average Bonchev–Trinajstić information content (AvgIpc) is 2.70. The van der Waals surface area contributed by atoms with Gasteiger partial charge in [0.1, 0.15) is 0 Å². The Bertz CT molecular complexity index is 1070. The van der Waals surface area contributed by atoms with E-state index in [9.17, 15) is 9.59 Å². The molecular weight excluding hydrogens is 362 g/mol. The highest BCUT2D eigenvalue weighted by atomic mass is 16.2. The molecule has 146 valence electrons. The van der Waals surface area contributed by atoms with Crippen molar-refractivity contribution in [3.8, 4) is 0 Å². The summed E-state index contributed by atoms with van der Waals surface area (Å²) in [5.74, 6) is -0.508. The normalized spacial score (nSPS) is 10.7. The number of hydrogen-bond donors (Lipinski definition) is 2. The van der Waals surface area contributed by atoms with Crippen molar-refractivity contribution in [2.45, 2.75) is 20.8 Å². The summed E-state index contributed by atoms with van der Waals surface area (Å²) >= 11 is 0. The summed E-state index contributed by atoms with van der Waals surface area (Å²) in [5.41, 5.74) is 8.43. The van der Waals surface area contributed by atoms with Crippen LogP contribution in [0.3, 0.4) is 0 Å². The molecule has 0 radical (unpaired) electrons. The van der Waals surface area contributed by atoms with Gasteiger partial charge in [0.2, 0.25) is 0 Å². The van der Waals surface area contributed by atoms with Gasteiger partial charge in [-0.15, -0.1) is 0 Å². The Morgan fingerprint density at radius 2 is 1.52 bits per heavy atom. The fraction of sp³-hybridized carbons (Fsp3) is 0.125. The molecule has 3 aromatic carbocycles. The summed E-state index contributed by atoms with van der Waals surface area (Å²) in [4.78, 5) is 24.6. The summed E-state index contributed by atoms with van der Waals surface area (Å²) in [6.07, 6.45) is 1.63. The van der Waals surface area contributed by atoms with Crippen molar-refractivity contribution in [1.29, 1.82) is 0 Å². The molecule has 0 aliphatic rings. The number of anilines is 1. The number of hydrogen-bond acceptors (Lipinski definition) is 3. The molecule has 0 unspecified atom stereocenters. The number of benzene rings is 3. The molecule has 2 amide bonds. The number of hydrazone groups is 1. The topological polar surface area (TPSA) is 70.6 Å². The highest BCUT2D eigenvalue weighted by molar-refractivity contribution is 6.04. The van der Waals surface area contributed by atoms with E-state index in [-0.39, 0.29) is 11.8 Å². The zero-order valence-corrected chi connectivity index (χ0v) is 16.7. The Morgan fingerprint density at radius 1 is 0.793 bits per heavy atom. The van der Waals surface area contributed by atoms with Gasteiger partial charge in [0.05, 0.1) is 6.21 Å². The third kappa shape index (κ3) is 5.39. The second-order valence-corrected chi connectivity index (χ2v) is 6.96. The van der Waals surface area contributed by atoms with Crippen molar-refractivity contribution < 1.29 is 9.59 Å². The van der Waals surface area contributed by atoms with Crippen LogP contribution in [0.2, 0.25) is 0 Å². The molecule has 0 aromatic heterocycles. The number of carbonyl (C=O) groups excluding carboxylic acids is 2. The van der Waals surface area contributed by atoms with Gasteiger partial charge in [-0.3, -0.25) is 9.59 Å². The number of nitrogens with zero attached hydrogens (tertiary/aromatic N) is 1. The van der Waals surface area contributed by atoms with Crippen LogP contribution < -0.4 is 10.7 Å². The lowest BCUT2D eigenvalue weighted by Crippen LogP contribution is -2.18. The standard InChI is InChI=1S/C24H23N3O2/c1-16-5-4-6-20(14-16)23(28)26-22-11-9-19(10-12-22)24(29)27-25-15-21-8-7-17(2)13-18(21)3/h4-15H,1-3H3,(H,26,28)(H,27,29). The Labute approximate surface area is 170 Å². The van der Waals surface area contributed by atoms with Crippen molar-refractivity contribution in [2.75, 3.05) is 5.32 Å². The number of amides is 2. The first kappa shape index (κ1) is 20.0. The zero-order chi connectivity index (χ0) is 20.8. The molecule has 3 rings (SSSR count). The number of rotatable bonds is 5. The van der Waals surface area contributed by atoms with E-state index in [1.165, 1.54) is 5.56 Å². The summed E-state index contributed by atoms with van der Waals surface area (Å²) in [5, 5.41) is 6.86. The highest BCUT2D eigenvalue weighted by Crippen LogP contribution is 2.13. The fourth-order valence-electron chi connectivity index (χ4n) is 2.89. The van der Waals surface area contributed by atoms with E-state index in [0.717, 1.165) is 16.7 Å². The minimum absolute atomic E-state index is 0.191. The van der Waals surface area contributed by atoms with Gasteiger partial charge in [-0.1, -0.05) is 41.5 Å². The molecule has 0 aliphatic carbocycles. The van der Waals surface area contributed by atoms with E-state index >= 15 is 0 Å². The molecule has 0 atom stereocenters. The number of nitrogens with one attached hydrogen (secondary N) is 2. The van der Waals surface area contributed by atoms with Crippen LogP contribution in [0, 0.1) is 20.8 Å². The van der Waals surface area contributed by atoms with Gasteiger partial charge in [-0.05, 0) is 68.3 Å². The fourth-order valence-corrected chi connectivity index (χ4v) is 2.89. The molecule has 5 heteroatoms. The van der Waals surface area contributed by atoms with Gasteiger partial charge >= 0.3 is 0 Å². The molecule has 0 spiro atoms. The summed E-state index contributed by atoms with van der Waals surface area (Å²) < 4.78 is 0. The third-order valence-electron chi connectivity index (χ3n) is 4.48. The first-order valence-electron chi connectivity index (χ1n) is 9.31. The quantitative estimate of drug-likeness (QED) is 0.497. The third-order valence-corrected chi connectivity index (χ3v) is 4.48. The molecule has 0 aliphatic heterocycles. The molecule has 0 bridgehead atoms. The maximum atomic E-state index is 12.3. The first-order valence-corrected chi connectivity index (χ1v) is 9.31. The highest BCUT2D eigenvalue weighted by Gasteiger charge is 2.08. The Balaban J connectivity index is 1.59. The van der Waals surface area contributed by atoms with Crippen LogP contribution in [0.4, 0.5) is 5.69 Å². The van der Waals surface area contributed by atoms with Gasteiger partial charge < -0.3 is 5.32 Å². The SMILES string of the molecule is Cc1cccc(C(=O)Nc2ccc(C(=O)NN=Cc3ccc(C)cc3C)cc2)c1. The van der Waals surface area contributed by atoms with Crippen molar-refractivity contribution in [3.05, 3.63) is 100 Å². The molecule has 3 aromatic rings. The molecule has 0 saturated heterocycles. The predicted molar refractivity (Wildman–Crippen MR) is 117 cm³/mol. The van der Waals surface area contributed by atoms with Crippen molar-refractivity contribution in [1.82, 2.24) is 5.43 Å². The summed E-state index contributed by atoms with van der Waals surface area (Å²) in [6.45, 7) is 5.97. The molecule has 0 fully saturated rings. The predicted octanol–water partition coefficient (Wildman–Crippen LogP) is 4.63. The lowest BCUT2D eigenvalue weighted by atomic mass is 10.1. The van der Waals surface area contributed by atoms with E-state index in [2.05, 4.69) is 21.9 Å². The van der Waals surface area contributed by atoms with Crippen molar-refractivity contribution in [2.24, 2.45) is 5.10 Å². The lowest BCUT2D eigenvalue weighted by molar-refractivity contribution is 0.0954. The smallest absolute Gasteiger partial charge is 0.271 e. The van der Waals surface area contributed by atoms with Gasteiger partial charge in [-0.25, -0.2) is 5.43 Å².